The summed E-state index contributed by atoms with van der Waals surface area (Å²) >= 11 is 0. The van der Waals surface area contributed by atoms with Crippen LogP contribution in [0.1, 0.15) is 70.4 Å². The fourth-order valence-electron chi connectivity index (χ4n) is 10.8. The third-order valence-electron chi connectivity index (χ3n) is 14.8. The molecule has 0 fully saturated rings. The summed E-state index contributed by atoms with van der Waals surface area (Å²) in [6.07, 6.45) is 10.8. The van der Waals surface area contributed by atoms with Gasteiger partial charge in [0.2, 0.25) is 5.69 Å². The van der Waals surface area contributed by atoms with E-state index in [1.807, 2.05) is 42.4 Å². The van der Waals surface area contributed by atoms with Crippen LogP contribution in [0.2, 0.25) is 0 Å². The van der Waals surface area contributed by atoms with Gasteiger partial charge in [-0.05, 0) is 105 Å². The molecule has 0 saturated carbocycles. The molecule has 4 aromatic carbocycles. The van der Waals surface area contributed by atoms with E-state index in [0.717, 1.165) is 6.07 Å². The summed E-state index contributed by atoms with van der Waals surface area (Å²) in [5.41, 5.74) is 1.25. The molecule has 0 aromatic heterocycles. The molecule has 2 aliphatic rings. The highest BCUT2D eigenvalue weighted by molar-refractivity contribution is 7.87. The van der Waals surface area contributed by atoms with E-state index in [1.54, 1.807) is 44.6 Å². The molecule has 28 heteroatoms. The van der Waals surface area contributed by atoms with Crippen molar-refractivity contribution in [2.24, 2.45) is 0 Å². The Morgan fingerprint density at radius 2 is 1.00 bits per heavy atom. The number of unbranched alkanes of at least 4 members (excludes halogenated alkanes) is 2. The smallest absolute Gasteiger partial charge is 0.303 e. The first kappa shape index (κ1) is 69.0. The molecule has 2 aliphatic heterocycles. The lowest BCUT2D eigenvalue weighted by Crippen LogP contribution is -2.33. The van der Waals surface area contributed by atoms with Gasteiger partial charge in [-0.15, -0.1) is 0 Å². The van der Waals surface area contributed by atoms with E-state index in [1.165, 1.54) is 18.2 Å². The Morgan fingerprint density at radius 3 is 1.46 bits per heavy atom. The predicted molar refractivity (Wildman–Crippen MR) is 315 cm³/mol. The number of hydrogen-bond acceptors (Lipinski definition) is 18. The Morgan fingerprint density at radius 1 is 0.541 bits per heavy atom. The van der Waals surface area contributed by atoms with Crippen molar-refractivity contribution in [1.29, 1.82) is 0 Å². The molecule has 6 rings (SSSR count). The summed E-state index contributed by atoms with van der Waals surface area (Å²) in [5, 5.41) is 9.65. The maximum Gasteiger partial charge on any atom is 0.303 e. The van der Waals surface area contributed by atoms with E-state index in [-0.39, 0.29) is 80.4 Å². The molecular formula is C57H77N2O22S4+. The molecule has 0 bridgehead atoms. The third kappa shape index (κ3) is 17.6. The molecule has 4 aromatic rings. The van der Waals surface area contributed by atoms with Gasteiger partial charge in [-0.2, -0.15) is 38.2 Å². The number of allylic oxidation sites excluding steroid dienone is 6. The normalized spacial score (nSPS) is 18.1. The predicted octanol–water partition coefficient (Wildman–Crippen LogP) is 6.95. The van der Waals surface area contributed by atoms with Crippen LogP contribution in [0.15, 0.2) is 104 Å². The van der Waals surface area contributed by atoms with Gasteiger partial charge in [-0.25, -0.2) is 0 Å². The molecule has 0 saturated heterocycles. The maximum absolute atomic E-state index is 13.0. The maximum atomic E-state index is 13.0. The summed E-state index contributed by atoms with van der Waals surface area (Å²) < 4.78 is 191. The van der Waals surface area contributed by atoms with E-state index >= 15 is 0 Å². The summed E-state index contributed by atoms with van der Waals surface area (Å²) in [6.45, 7) is 10.4. The van der Waals surface area contributed by atoms with Crippen LogP contribution in [0.5, 0.6) is 0 Å². The second kappa shape index (κ2) is 30.7. The standard InChI is InChI=1S/C57H76N2O22S4/c1-6-58-47-18-16-43-45(37-41(82(62,63)64)39-49(43)84(68,69)70)54(47)56(2,20-23-76-29-31-80-35-33-78-27-25-74-4)51(58)13-9-7-10-14-52-57(3,21-24-77-30-32-81-36-34-79-28-26-75-5)55-46-38-42(83(65,66)67)40-50(85(71,72)73)44(46)17-19-48(55)59(52)22-12-8-11-15-53(60)61/h7,9-10,13-14,16-19,37-40H,6,8,11-12,15,20-36H2,1-5H3,(H4-,60,61,62,63,64,65,66,67,68,69,70,71,72,73)/p+1. The zero-order valence-corrected chi connectivity index (χ0v) is 51.5. The number of rotatable bonds is 38. The Kier molecular flexibility index (Phi) is 24.9. The van der Waals surface area contributed by atoms with Crippen molar-refractivity contribution < 1.29 is 104 Å². The van der Waals surface area contributed by atoms with Crippen LogP contribution in [0.4, 0.5) is 11.4 Å². The molecule has 5 N–H and O–H groups in total. The molecule has 2 atom stereocenters. The first-order valence-corrected chi connectivity index (χ1v) is 33.3. The monoisotopic (exact) mass is 1270 g/mol. The van der Waals surface area contributed by atoms with Crippen LogP contribution in [0.25, 0.3) is 21.5 Å². The van der Waals surface area contributed by atoms with Gasteiger partial charge >= 0.3 is 5.97 Å². The van der Waals surface area contributed by atoms with Gasteiger partial charge in [0.05, 0.1) is 94.5 Å². The van der Waals surface area contributed by atoms with Crippen LogP contribution >= 0.6 is 0 Å². The fourth-order valence-corrected chi connectivity index (χ4v) is 13.5. The minimum atomic E-state index is -5.08. The second-order valence-electron chi connectivity index (χ2n) is 20.5. The number of nitrogens with zero attached hydrogens (tertiary/aromatic N) is 2. The van der Waals surface area contributed by atoms with Crippen molar-refractivity contribution in [2.75, 3.05) is 125 Å². The van der Waals surface area contributed by atoms with Gasteiger partial charge in [0, 0.05) is 85.7 Å². The van der Waals surface area contributed by atoms with E-state index in [4.69, 9.17) is 37.9 Å². The zero-order valence-electron chi connectivity index (χ0n) is 48.3. The van der Waals surface area contributed by atoms with Crippen molar-refractivity contribution >= 4 is 85.1 Å². The Labute approximate surface area is 497 Å². The lowest BCUT2D eigenvalue weighted by atomic mass is 9.75. The van der Waals surface area contributed by atoms with Crippen LogP contribution in [-0.4, -0.2) is 193 Å². The van der Waals surface area contributed by atoms with Gasteiger partial charge in [-0.1, -0.05) is 30.7 Å². The SMILES string of the molecule is CC[N+]1=C(/C=C/C=C/C=C2/N(CCCCCC(=O)O)c3ccc4c(S(=O)(=O)O)cc(S(=O)(=O)O)cc4c3C2(C)CCOCCOCCOCCOC)C(C)(CCOCCOCCOCCOC)c2c1ccc1c(S(=O)(=O)O)cc(S(=O)(=O)O)cc21. The molecule has 0 aliphatic carbocycles. The third-order valence-corrected chi connectivity index (χ3v) is 18.3. The lowest BCUT2D eigenvalue weighted by Gasteiger charge is -2.31. The molecule has 470 valence electrons. The molecule has 0 spiro atoms. The molecule has 2 heterocycles. The second-order valence-corrected chi connectivity index (χ2v) is 26.1. The van der Waals surface area contributed by atoms with Crippen molar-refractivity contribution in [3.63, 3.8) is 0 Å². The highest BCUT2D eigenvalue weighted by atomic mass is 32.2. The molecular weight excluding hydrogens is 1190 g/mol. The minimum absolute atomic E-state index is 0.0104. The summed E-state index contributed by atoms with van der Waals surface area (Å²) in [7, 11) is -17.0. The Bertz CT molecular complexity index is 3600. The van der Waals surface area contributed by atoms with Crippen LogP contribution < -0.4 is 4.90 Å². The van der Waals surface area contributed by atoms with E-state index < -0.39 is 76.9 Å². The largest absolute Gasteiger partial charge is 0.481 e. The topological polar surface area (TPSA) is 335 Å². The highest BCUT2D eigenvalue weighted by Gasteiger charge is 2.49. The molecule has 85 heavy (non-hydrogen) atoms. The van der Waals surface area contributed by atoms with Gasteiger partial charge in [0.1, 0.15) is 16.3 Å². The number of carbonyl (C=O) groups is 1. The van der Waals surface area contributed by atoms with Crippen LogP contribution in [-0.2, 0) is 94.0 Å². The molecule has 0 amide bonds. The van der Waals surface area contributed by atoms with Gasteiger partial charge in [0.15, 0.2) is 5.71 Å². The number of methoxy groups -OCH3 is 2. The average Bonchev–Trinajstić information content (AvgIpc) is 1.71. The number of carboxylic acid groups (broad SMARTS) is 1. The summed E-state index contributed by atoms with van der Waals surface area (Å²) in [4.78, 5) is 10.5. The number of hydrogen-bond donors (Lipinski definition) is 5. The van der Waals surface area contributed by atoms with Crippen LogP contribution in [0.3, 0.4) is 0 Å². The number of fused-ring (bicyclic) bond motifs is 6. The molecule has 24 nitrogen and oxygen atoms in total. The van der Waals surface area contributed by atoms with Gasteiger partial charge < -0.3 is 47.9 Å². The van der Waals surface area contributed by atoms with Gasteiger partial charge in [0.25, 0.3) is 40.5 Å². The quantitative estimate of drug-likeness (QED) is 0.0131. The lowest BCUT2D eigenvalue weighted by molar-refractivity contribution is -0.433. The zero-order chi connectivity index (χ0) is 62.2. The minimum Gasteiger partial charge on any atom is -0.481 e. The average molecular weight is 1270 g/mol. The summed E-state index contributed by atoms with van der Waals surface area (Å²) in [5.74, 6) is -0.951. The molecule has 2 unspecified atom stereocenters. The molecule has 0 radical (unpaired) electrons. The number of aliphatic carboxylic acids is 1. The van der Waals surface area contributed by atoms with E-state index in [2.05, 4.69) is 0 Å². The number of anilines is 1. The highest BCUT2D eigenvalue weighted by Crippen LogP contribution is 2.54. The number of carboxylic acids is 1. The van der Waals surface area contributed by atoms with Crippen LogP contribution in [0, 0.1) is 0 Å². The Hall–Kier alpha value is -5.12. The first-order valence-electron chi connectivity index (χ1n) is 27.5. The van der Waals surface area contributed by atoms with Gasteiger partial charge in [-0.3, -0.25) is 23.0 Å². The van der Waals surface area contributed by atoms with E-state index in [0.29, 0.717) is 131 Å². The number of ether oxygens (including phenoxy) is 8. The first-order chi connectivity index (χ1) is 40.2. The van der Waals surface area contributed by atoms with Crippen molar-refractivity contribution in [3.05, 3.63) is 95.7 Å². The Balaban J connectivity index is 1.44. The fraction of sp³-hybridized carbons (Fsp3) is 0.509. The van der Waals surface area contributed by atoms with Crippen molar-refractivity contribution in [3.8, 4) is 0 Å². The number of benzene rings is 4. The van der Waals surface area contributed by atoms with Crippen molar-refractivity contribution in [1.82, 2.24) is 0 Å². The summed E-state index contributed by atoms with van der Waals surface area (Å²) in [6, 6.07) is 9.99. The van der Waals surface area contributed by atoms with Crippen molar-refractivity contribution in [2.45, 2.75) is 89.7 Å². The van der Waals surface area contributed by atoms with E-state index in [9.17, 15) is 61.8 Å².